The summed E-state index contributed by atoms with van der Waals surface area (Å²) in [5.74, 6) is 1.98. The number of ether oxygens (including phenoxy) is 2. The third-order valence-electron chi connectivity index (χ3n) is 4.45. The van der Waals surface area contributed by atoms with Crippen molar-refractivity contribution in [3.05, 3.63) is 58.0 Å². The summed E-state index contributed by atoms with van der Waals surface area (Å²) in [6.07, 6.45) is 1.98. The van der Waals surface area contributed by atoms with Gasteiger partial charge >= 0.3 is 5.69 Å². The van der Waals surface area contributed by atoms with Crippen LogP contribution in [0.3, 0.4) is 0 Å². The summed E-state index contributed by atoms with van der Waals surface area (Å²) in [7, 11) is 4.80. The lowest BCUT2D eigenvalue weighted by Gasteiger charge is -2.12. The summed E-state index contributed by atoms with van der Waals surface area (Å²) in [6.45, 7) is 2.02. The lowest BCUT2D eigenvalue weighted by atomic mass is 10.1. The van der Waals surface area contributed by atoms with Crippen molar-refractivity contribution >= 4 is 33.6 Å². The highest BCUT2D eigenvalue weighted by Gasteiger charge is 2.14. The average molecular weight is 446 g/mol. The number of thioether (sulfide) groups is 2. The number of aliphatic imine (C=N–C) groups is 1. The fourth-order valence-electron chi connectivity index (χ4n) is 2.78. The van der Waals surface area contributed by atoms with Gasteiger partial charge in [0, 0.05) is 18.9 Å². The number of aromatic nitrogens is 4. The van der Waals surface area contributed by atoms with Gasteiger partial charge < -0.3 is 9.47 Å². The molecule has 0 aliphatic heterocycles. The van der Waals surface area contributed by atoms with E-state index < -0.39 is 0 Å². The van der Waals surface area contributed by atoms with Crippen molar-refractivity contribution in [2.45, 2.75) is 12.7 Å². The lowest BCUT2D eigenvalue weighted by molar-refractivity contribution is 0.395. The molecule has 1 aromatic heterocycles. The van der Waals surface area contributed by atoms with Gasteiger partial charge in [-0.15, -0.1) is 11.8 Å². The molecule has 3 rings (SSSR count). The highest BCUT2D eigenvalue weighted by molar-refractivity contribution is 8.38. The molecule has 30 heavy (non-hydrogen) atoms. The van der Waals surface area contributed by atoms with Gasteiger partial charge in [0.2, 0.25) is 0 Å². The predicted octanol–water partition coefficient (Wildman–Crippen LogP) is 3.58. The highest BCUT2D eigenvalue weighted by Crippen LogP contribution is 2.34. The summed E-state index contributed by atoms with van der Waals surface area (Å²) < 4.78 is 14.1. The Labute approximate surface area is 183 Å². The van der Waals surface area contributed by atoms with Crippen LogP contribution in [0.2, 0.25) is 0 Å². The van der Waals surface area contributed by atoms with Gasteiger partial charge in [0.1, 0.15) is 21.6 Å². The second-order valence-corrected chi connectivity index (χ2v) is 8.30. The van der Waals surface area contributed by atoms with Gasteiger partial charge in [-0.2, -0.15) is 9.36 Å². The Morgan fingerprint density at radius 3 is 2.60 bits per heavy atom. The number of hydrogen-bond acceptors (Lipinski definition) is 8. The van der Waals surface area contributed by atoms with E-state index in [1.54, 1.807) is 50.9 Å². The SMILES string of the molecule is COc1ccc(/N=C(/SC)SCc2c(C)cccc2-n2nnn(C)c2=O)c(OC)c1. The maximum absolute atomic E-state index is 12.3. The monoisotopic (exact) mass is 445 g/mol. The number of aryl methyl sites for hydroxylation is 2. The first-order valence-corrected chi connectivity index (χ1v) is 11.2. The molecule has 0 fully saturated rings. The summed E-state index contributed by atoms with van der Waals surface area (Å²) in [4.78, 5) is 17.1. The van der Waals surface area contributed by atoms with Crippen LogP contribution in [-0.4, -0.2) is 44.6 Å². The number of rotatable bonds is 6. The maximum atomic E-state index is 12.3. The molecule has 0 aliphatic rings. The van der Waals surface area contributed by atoms with Crippen LogP contribution in [0.1, 0.15) is 11.1 Å². The highest BCUT2D eigenvalue weighted by atomic mass is 32.2. The standard InChI is InChI=1S/C20H23N5O3S2/c1-13-7-6-8-17(25-20(26)24(2)22-23-25)15(13)12-30-19(29-5)21-16-10-9-14(27-3)11-18(16)28-4/h6-11H,12H2,1-5H3/b21-19-. The minimum atomic E-state index is -0.284. The first kappa shape index (κ1) is 22.0. The zero-order valence-corrected chi connectivity index (χ0v) is 19.1. The minimum Gasteiger partial charge on any atom is -0.497 e. The van der Waals surface area contributed by atoms with Crippen molar-refractivity contribution in [1.82, 2.24) is 19.8 Å². The average Bonchev–Trinajstić information content (AvgIpc) is 3.09. The van der Waals surface area contributed by atoms with Gasteiger partial charge in [0.05, 0.1) is 19.9 Å². The molecule has 0 bridgehead atoms. The van der Waals surface area contributed by atoms with Crippen LogP contribution in [0.25, 0.3) is 5.69 Å². The molecule has 0 aliphatic carbocycles. The summed E-state index contributed by atoms with van der Waals surface area (Å²) in [5, 5.41) is 7.81. The van der Waals surface area contributed by atoms with E-state index in [9.17, 15) is 4.79 Å². The van der Waals surface area contributed by atoms with Crippen LogP contribution >= 0.6 is 23.5 Å². The van der Waals surface area contributed by atoms with Crippen molar-refractivity contribution in [3.63, 3.8) is 0 Å². The smallest absolute Gasteiger partial charge is 0.368 e. The van der Waals surface area contributed by atoms with Gasteiger partial charge in [-0.3, -0.25) is 0 Å². The zero-order chi connectivity index (χ0) is 21.7. The maximum Gasteiger partial charge on any atom is 0.368 e. The predicted molar refractivity (Wildman–Crippen MR) is 123 cm³/mol. The molecule has 0 atom stereocenters. The van der Waals surface area contributed by atoms with Crippen LogP contribution in [0.4, 0.5) is 5.69 Å². The van der Waals surface area contributed by atoms with E-state index in [2.05, 4.69) is 10.4 Å². The van der Waals surface area contributed by atoms with Gasteiger partial charge in [-0.25, -0.2) is 9.79 Å². The lowest BCUT2D eigenvalue weighted by Crippen LogP contribution is -2.23. The molecule has 0 spiro atoms. The van der Waals surface area contributed by atoms with Gasteiger partial charge in [-0.05, 0) is 52.9 Å². The van der Waals surface area contributed by atoms with Gasteiger partial charge in [0.15, 0.2) is 0 Å². The molecular formula is C20H23N5O3S2. The largest absolute Gasteiger partial charge is 0.497 e. The third-order valence-corrected chi connectivity index (χ3v) is 6.51. The van der Waals surface area contributed by atoms with Crippen molar-refractivity contribution < 1.29 is 9.47 Å². The summed E-state index contributed by atoms with van der Waals surface area (Å²) in [5.41, 5.74) is 3.25. The number of methoxy groups -OCH3 is 2. The van der Waals surface area contributed by atoms with Crippen LogP contribution in [0.5, 0.6) is 11.5 Å². The zero-order valence-electron chi connectivity index (χ0n) is 17.4. The molecule has 0 amide bonds. The second-order valence-electron chi connectivity index (χ2n) is 6.28. The Morgan fingerprint density at radius 1 is 1.17 bits per heavy atom. The fourth-order valence-corrected chi connectivity index (χ4v) is 4.43. The summed E-state index contributed by atoms with van der Waals surface area (Å²) in [6, 6.07) is 11.3. The first-order valence-electron chi connectivity index (χ1n) is 9.03. The molecule has 0 saturated carbocycles. The Kier molecular flexibility index (Phi) is 7.22. The quantitative estimate of drug-likeness (QED) is 0.424. The van der Waals surface area contributed by atoms with E-state index in [0.29, 0.717) is 17.3 Å². The fraction of sp³-hybridized carbons (Fsp3) is 0.300. The molecule has 0 saturated heterocycles. The van der Waals surface area contributed by atoms with E-state index in [1.165, 1.54) is 9.36 Å². The van der Waals surface area contributed by atoms with E-state index in [-0.39, 0.29) is 5.69 Å². The Bertz CT molecular complexity index is 1120. The number of benzene rings is 2. The second kappa shape index (κ2) is 9.86. The third kappa shape index (κ3) is 4.71. The molecule has 3 aromatic rings. The minimum absolute atomic E-state index is 0.284. The molecule has 0 unspecified atom stereocenters. The summed E-state index contributed by atoms with van der Waals surface area (Å²) >= 11 is 3.14. The number of tetrazole rings is 1. The van der Waals surface area contributed by atoms with E-state index >= 15 is 0 Å². The molecule has 0 radical (unpaired) electrons. The Hall–Kier alpha value is -2.72. The molecule has 1 heterocycles. The number of hydrogen-bond donors (Lipinski definition) is 0. The molecule has 2 aromatic carbocycles. The normalized spacial score (nSPS) is 11.6. The van der Waals surface area contributed by atoms with Crippen molar-refractivity contribution in [2.75, 3.05) is 20.5 Å². The first-order chi connectivity index (χ1) is 14.5. The van der Waals surface area contributed by atoms with E-state index in [4.69, 9.17) is 14.5 Å². The van der Waals surface area contributed by atoms with Crippen LogP contribution in [0, 0.1) is 6.92 Å². The van der Waals surface area contributed by atoms with Gasteiger partial charge in [0.25, 0.3) is 0 Å². The topological polar surface area (TPSA) is 83.5 Å². The Morgan fingerprint density at radius 2 is 1.97 bits per heavy atom. The molecule has 0 N–H and O–H groups in total. The van der Waals surface area contributed by atoms with Crippen LogP contribution in [0.15, 0.2) is 46.2 Å². The van der Waals surface area contributed by atoms with Gasteiger partial charge in [-0.1, -0.05) is 23.9 Å². The van der Waals surface area contributed by atoms with Crippen LogP contribution < -0.4 is 15.2 Å². The number of nitrogens with zero attached hydrogens (tertiary/aromatic N) is 5. The molecular weight excluding hydrogens is 422 g/mol. The van der Waals surface area contributed by atoms with E-state index in [0.717, 1.165) is 26.9 Å². The van der Waals surface area contributed by atoms with Crippen molar-refractivity contribution in [2.24, 2.45) is 12.0 Å². The van der Waals surface area contributed by atoms with Crippen molar-refractivity contribution in [1.29, 1.82) is 0 Å². The molecule has 8 nitrogen and oxygen atoms in total. The van der Waals surface area contributed by atoms with Crippen molar-refractivity contribution in [3.8, 4) is 17.2 Å². The van der Waals surface area contributed by atoms with E-state index in [1.807, 2.05) is 43.5 Å². The Balaban J connectivity index is 1.90. The molecule has 10 heteroatoms. The van der Waals surface area contributed by atoms with Crippen LogP contribution in [-0.2, 0) is 12.8 Å². The molecule has 158 valence electrons.